The predicted molar refractivity (Wildman–Crippen MR) is 63.4 cm³/mol. The van der Waals surface area contributed by atoms with Crippen LogP contribution in [-0.4, -0.2) is 14.8 Å². The first kappa shape index (κ1) is 9.36. The van der Waals surface area contributed by atoms with E-state index in [9.17, 15) is 0 Å². The minimum atomic E-state index is 0.456. The molecule has 2 aromatic heterocycles. The molecule has 2 heterocycles. The number of benzene rings is 1. The Morgan fingerprint density at radius 3 is 2.56 bits per heavy atom. The normalized spacial score (nSPS) is 10.8. The van der Waals surface area contributed by atoms with Crippen LogP contribution in [0.5, 0.6) is 0 Å². The van der Waals surface area contributed by atoms with E-state index in [1.54, 1.807) is 10.7 Å². The molecule has 0 amide bonds. The highest BCUT2D eigenvalue weighted by atomic mass is 35.5. The molecular weight excluding hydrogens is 222 g/mol. The van der Waals surface area contributed by atoms with Gasteiger partial charge in [-0.1, -0.05) is 41.9 Å². The predicted octanol–water partition coefficient (Wildman–Crippen LogP) is 3.05. The van der Waals surface area contributed by atoms with Crippen LogP contribution in [0.15, 0.2) is 48.5 Å². The molecule has 0 aliphatic rings. The van der Waals surface area contributed by atoms with Crippen LogP contribution in [0.25, 0.3) is 16.8 Å². The Labute approximate surface area is 97.3 Å². The van der Waals surface area contributed by atoms with Crippen molar-refractivity contribution in [2.75, 3.05) is 0 Å². The van der Waals surface area contributed by atoms with Crippen LogP contribution in [0.3, 0.4) is 0 Å². The summed E-state index contributed by atoms with van der Waals surface area (Å²) in [5.74, 6) is 0. The first-order chi connectivity index (χ1) is 7.83. The number of rotatable bonds is 1. The number of halogens is 1. The van der Waals surface area contributed by atoms with E-state index in [1.165, 1.54) is 0 Å². The van der Waals surface area contributed by atoms with Crippen LogP contribution < -0.4 is 0 Å². The van der Waals surface area contributed by atoms with E-state index in [0.717, 1.165) is 16.8 Å². The fourth-order valence-electron chi connectivity index (χ4n) is 1.61. The first-order valence-corrected chi connectivity index (χ1v) is 5.29. The van der Waals surface area contributed by atoms with Crippen molar-refractivity contribution in [3.63, 3.8) is 0 Å². The van der Waals surface area contributed by atoms with Crippen molar-refractivity contribution in [2.24, 2.45) is 0 Å². The quantitative estimate of drug-likeness (QED) is 0.642. The number of fused-ring (bicyclic) bond motifs is 1. The maximum Gasteiger partial charge on any atom is 0.153 e. The summed E-state index contributed by atoms with van der Waals surface area (Å²) in [6.07, 6.45) is 0. The van der Waals surface area contributed by atoms with Crippen molar-refractivity contribution < 1.29 is 0 Å². The van der Waals surface area contributed by atoms with Crippen molar-refractivity contribution in [3.05, 3.63) is 53.7 Å². The van der Waals surface area contributed by atoms with Gasteiger partial charge in [-0.15, -0.1) is 14.8 Å². The monoisotopic (exact) mass is 229 g/mol. The molecule has 0 atom stereocenters. The number of hydrogen-bond donors (Lipinski definition) is 0. The molecule has 0 aliphatic carbocycles. The molecule has 0 N–H and O–H groups in total. The Hall–Kier alpha value is -1.87. The molecule has 0 spiro atoms. The lowest BCUT2D eigenvalue weighted by Gasteiger charge is -2.00. The lowest BCUT2D eigenvalue weighted by molar-refractivity contribution is 0.805. The highest BCUT2D eigenvalue weighted by Crippen LogP contribution is 2.17. The molecule has 3 nitrogen and oxygen atoms in total. The van der Waals surface area contributed by atoms with Crippen molar-refractivity contribution in [1.29, 1.82) is 0 Å². The van der Waals surface area contributed by atoms with Gasteiger partial charge < -0.3 is 0 Å². The van der Waals surface area contributed by atoms with E-state index in [-0.39, 0.29) is 0 Å². The van der Waals surface area contributed by atoms with Crippen molar-refractivity contribution in [1.82, 2.24) is 14.8 Å². The summed E-state index contributed by atoms with van der Waals surface area (Å²) < 4.78 is 1.55. The van der Waals surface area contributed by atoms with Gasteiger partial charge in [-0.25, -0.2) is 0 Å². The molecular formula is C12H8ClN3. The van der Waals surface area contributed by atoms with Crippen LogP contribution in [0.1, 0.15) is 0 Å². The van der Waals surface area contributed by atoms with Crippen LogP contribution >= 0.6 is 11.6 Å². The number of nitrogens with zero attached hydrogens (tertiary/aromatic N) is 3. The molecule has 78 valence electrons. The Bertz CT molecular complexity index is 631. The minimum Gasteiger partial charge on any atom is -0.150 e. The van der Waals surface area contributed by atoms with E-state index < -0.39 is 0 Å². The van der Waals surface area contributed by atoms with Gasteiger partial charge in [0.25, 0.3) is 0 Å². The van der Waals surface area contributed by atoms with E-state index in [4.69, 9.17) is 11.6 Å². The Kier molecular flexibility index (Phi) is 2.11. The molecule has 3 rings (SSSR count). The smallest absolute Gasteiger partial charge is 0.150 e. The van der Waals surface area contributed by atoms with Crippen molar-refractivity contribution in [2.45, 2.75) is 0 Å². The molecule has 16 heavy (non-hydrogen) atoms. The van der Waals surface area contributed by atoms with Gasteiger partial charge in [0.2, 0.25) is 0 Å². The van der Waals surface area contributed by atoms with Crippen LogP contribution in [-0.2, 0) is 0 Å². The summed E-state index contributed by atoms with van der Waals surface area (Å²) in [6.45, 7) is 0. The first-order valence-electron chi connectivity index (χ1n) is 4.91. The zero-order chi connectivity index (χ0) is 11.0. The second-order valence-electron chi connectivity index (χ2n) is 3.47. The Morgan fingerprint density at radius 1 is 0.938 bits per heavy atom. The largest absolute Gasteiger partial charge is 0.153 e. The van der Waals surface area contributed by atoms with Gasteiger partial charge in [0.15, 0.2) is 5.15 Å². The molecule has 0 aliphatic heterocycles. The van der Waals surface area contributed by atoms with Gasteiger partial charge >= 0.3 is 0 Å². The highest BCUT2D eigenvalue weighted by Gasteiger charge is 2.03. The maximum atomic E-state index is 5.81. The standard InChI is InChI=1S/C12H8ClN3/c13-12-8-10-6-7-11(14-16(10)15-12)9-4-2-1-3-5-9/h1-8H. The van der Waals surface area contributed by atoms with E-state index in [1.807, 2.05) is 42.5 Å². The van der Waals surface area contributed by atoms with Gasteiger partial charge in [0, 0.05) is 11.6 Å². The van der Waals surface area contributed by atoms with E-state index in [2.05, 4.69) is 10.2 Å². The van der Waals surface area contributed by atoms with Gasteiger partial charge in [0.05, 0.1) is 11.2 Å². The molecule has 3 aromatic rings. The zero-order valence-corrected chi connectivity index (χ0v) is 9.09. The average molecular weight is 230 g/mol. The molecule has 0 saturated carbocycles. The van der Waals surface area contributed by atoms with Crippen molar-refractivity contribution in [3.8, 4) is 11.3 Å². The number of hydrogen-bond acceptors (Lipinski definition) is 2. The van der Waals surface area contributed by atoms with Crippen LogP contribution in [0, 0.1) is 0 Å². The molecule has 4 heteroatoms. The fourth-order valence-corrected chi connectivity index (χ4v) is 1.80. The third kappa shape index (κ3) is 1.55. The summed E-state index contributed by atoms with van der Waals surface area (Å²) in [5.41, 5.74) is 2.84. The van der Waals surface area contributed by atoms with Crippen LogP contribution in [0.2, 0.25) is 5.15 Å². The van der Waals surface area contributed by atoms with Gasteiger partial charge in [0.1, 0.15) is 0 Å². The average Bonchev–Trinajstić information content (AvgIpc) is 2.69. The Balaban J connectivity index is 2.18. The molecule has 1 aromatic carbocycles. The summed E-state index contributed by atoms with van der Waals surface area (Å²) in [7, 11) is 0. The maximum absolute atomic E-state index is 5.81. The molecule has 0 fully saturated rings. The lowest BCUT2D eigenvalue weighted by Crippen LogP contribution is -1.95. The lowest BCUT2D eigenvalue weighted by atomic mass is 10.1. The summed E-state index contributed by atoms with van der Waals surface area (Å²) in [5, 5.41) is 8.91. The third-order valence-electron chi connectivity index (χ3n) is 2.37. The second-order valence-corrected chi connectivity index (χ2v) is 3.85. The molecule has 0 unspecified atom stereocenters. The summed E-state index contributed by atoms with van der Waals surface area (Å²) >= 11 is 5.81. The fraction of sp³-hybridized carbons (Fsp3) is 0. The van der Waals surface area contributed by atoms with Crippen molar-refractivity contribution >= 4 is 17.1 Å². The van der Waals surface area contributed by atoms with E-state index in [0.29, 0.717) is 5.15 Å². The highest BCUT2D eigenvalue weighted by molar-refractivity contribution is 6.29. The molecule has 0 radical (unpaired) electrons. The number of aromatic nitrogens is 3. The van der Waals surface area contributed by atoms with Crippen LogP contribution in [0.4, 0.5) is 0 Å². The SMILES string of the molecule is Clc1cc2ccc(-c3ccccc3)nn2n1. The minimum absolute atomic E-state index is 0.456. The molecule has 0 bridgehead atoms. The second kappa shape index (κ2) is 3.61. The van der Waals surface area contributed by atoms with Gasteiger partial charge in [-0.05, 0) is 12.1 Å². The summed E-state index contributed by atoms with van der Waals surface area (Å²) in [6, 6.07) is 15.7. The van der Waals surface area contributed by atoms with E-state index >= 15 is 0 Å². The van der Waals surface area contributed by atoms with Gasteiger partial charge in [-0.3, -0.25) is 0 Å². The van der Waals surface area contributed by atoms with Gasteiger partial charge in [-0.2, -0.15) is 0 Å². The Morgan fingerprint density at radius 2 is 1.75 bits per heavy atom. The topological polar surface area (TPSA) is 30.2 Å². The molecule has 0 saturated heterocycles. The zero-order valence-electron chi connectivity index (χ0n) is 8.34. The third-order valence-corrected chi connectivity index (χ3v) is 2.56. The summed E-state index contributed by atoms with van der Waals surface area (Å²) in [4.78, 5) is 0.